The van der Waals surface area contributed by atoms with Crippen LogP contribution in [-0.4, -0.2) is 62.0 Å². The molecular formula is C12H23N3O. The Morgan fingerprint density at radius 1 is 1.38 bits per heavy atom. The summed E-state index contributed by atoms with van der Waals surface area (Å²) in [6.07, 6.45) is 3.45. The average molecular weight is 225 g/mol. The van der Waals surface area contributed by atoms with Crippen molar-refractivity contribution in [2.75, 3.05) is 46.3 Å². The number of piperazine rings is 1. The van der Waals surface area contributed by atoms with E-state index in [9.17, 15) is 4.79 Å². The smallest absolute Gasteiger partial charge is 0.223 e. The Morgan fingerprint density at radius 3 is 2.69 bits per heavy atom. The third kappa shape index (κ3) is 3.76. The molecule has 1 aliphatic heterocycles. The van der Waals surface area contributed by atoms with Gasteiger partial charge in [0.05, 0.1) is 0 Å². The van der Waals surface area contributed by atoms with Crippen molar-refractivity contribution in [3.63, 3.8) is 0 Å². The van der Waals surface area contributed by atoms with Crippen molar-refractivity contribution in [3.8, 4) is 0 Å². The van der Waals surface area contributed by atoms with Gasteiger partial charge in [0.2, 0.25) is 5.91 Å². The molecule has 1 saturated heterocycles. The second-order valence-corrected chi connectivity index (χ2v) is 5.09. The maximum atomic E-state index is 11.9. The second-order valence-electron chi connectivity index (χ2n) is 5.09. The summed E-state index contributed by atoms with van der Waals surface area (Å²) in [5.41, 5.74) is 0. The zero-order chi connectivity index (χ0) is 11.4. The molecule has 0 aromatic carbocycles. The Labute approximate surface area is 98.0 Å². The summed E-state index contributed by atoms with van der Waals surface area (Å²) in [6, 6.07) is 0. The second kappa shape index (κ2) is 5.64. The van der Waals surface area contributed by atoms with Gasteiger partial charge in [-0.3, -0.25) is 4.79 Å². The molecule has 0 aromatic heterocycles. The van der Waals surface area contributed by atoms with Crippen molar-refractivity contribution in [2.24, 2.45) is 5.92 Å². The SMILES string of the molecule is CN(CCC(=O)N1CCNCC1)CC1CC1. The molecule has 2 fully saturated rings. The Morgan fingerprint density at radius 2 is 2.06 bits per heavy atom. The van der Waals surface area contributed by atoms with E-state index in [1.165, 1.54) is 19.4 Å². The van der Waals surface area contributed by atoms with E-state index in [0.717, 1.165) is 38.6 Å². The van der Waals surface area contributed by atoms with E-state index >= 15 is 0 Å². The van der Waals surface area contributed by atoms with Gasteiger partial charge in [-0.15, -0.1) is 0 Å². The van der Waals surface area contributed by atoms with Crippen LogP contribution in [0.4, 0.5) is 0 Å². The maximum Gasteiger partial charge on any atom is 0.223 e. The molecule has 92 valence electrons. The van der Waals surface area contributed by atoms with Gasteiger partial charge in [-0.05, 0) is 25.8 Å². The predicted molar refractivity (Wildman–Crippen MR) is 64.3 cm³/mol. The lowest BCUT2D eigenvalue weighted by Crippen LogP contribution is -2.47. The van der Waals surface area contributed by atoms with Gasteiger partial charge in [-0.2, -0.15) is 0 Å². The molecular weight excluding hydrogens is 202 g/mol. The van der Waals surface area contributed by atoms with Gasteiger partial charge in [0.25, 0.3) is 0 Å². The summed E-state index contributed by atoms with van der Waals surface area (Å²) in [5, 5.41) is 3.26. The van der Waals surface area contributed by atoms with Gasteiger partial charge >= 0.3 is 0 Å². The Kier molecular flexibility index (Phi) is 4.18. The molecule has 0 radical (unpaired) electrons. The van der Waals surface area contributed by atoms with E-state index in [2.05, 4.69) is 17.3 Å². The average Bonchev–Trinajstić information content (AvgIpc) is 3.11. The zero-order valence-corrected chi connectivity index (χ0v) is 10.2. The van der Waals surface area contributed by atoms with Crippen LogP contribution in [0.2, 0.25) is 0 Å². The summed E-state index contributed by atoms with van der Waals surface area (Å²) in [4.78, 5) is 16.2. The van der Waals surface area contributed by atoms with E-state index in [1.54, 1.807) is 0 Å². The maximum absolute atomic E-state index is 11.9. The van der Waals surface area contributed by atoms with Gasteiger partial charge < -0.3 is 15.1 Å². The van der Waals surface area contributed by atoms with Crippen molar-refractivity contribution in [3.05, 3.63) is 0 Å². The first kappa shape index (κ1) is 11.9. The molecule has 16 heavy (non-hydrogen) atoms. The van der Waals surface area contributed by atoms with E-state index in [4.69, 9.17) is 0 Å². The van der Waals surface area contributed by atoms with E-state index in [1.807, 2.05) is 4.90 Å². The number of rotatable bonds is 5. The molecule has 0 aromatic rings. The van der Waals surface area contributed by atoms with Gasteiger partial charge in [0.15, 0.2) is 0 Å². The highest BCUT2D eigenvalue weighted by Gasteiger charge is 2.23. The molecule has 0 bridgehead atoms. The topological polar surface area (TPSA) is 35.6 Å². The summed E-state index contributed by atoms with van der Waals surface area (Å²) in [6.45, 7) is 5.75. The summed E-state index contributed by atoms with van der Waals surface area (Å²) < 4.78 is 0. The third-order valence-electron chi connectivity index (χ3n) is 3.44. The molecule has 4 nitrogen and oxygen atoms in total. The van der Waals surface area contributed by atoms with Crippen LogP contribution in [0.1, 0.15) is 19.3 Å². The van der Waals surface area contributed by atoms with Crippen LogP contribution in [0.5, 0.6) is 0 Å². The largest absolute Gasteiger partial charge is 0.340 e. The molecule has 4 heteroatoms. The number of amides is 1. The first-order valence-electron chi connectivity index (χ1n) is 6.43. The Hall–Kier alpha value is -0.610. The van der Waals surface area contributed by atoms with Crippen LogP contribution in [-0.2, 0) is 4.79 Å². The van der Waals surface area contributed by atoms with Crippen LogP contribution in [0, 0.1) is 5.92 Å². The molecule has 2 aliphatic rings. The quantitative estimate of drug-likeness (QED) is 0.723. The standard InChI is InChI=1S/C12H23N3O/c1-14(10-11-2-3-11)7-4-12(16)15-8-5-13-6-9-15/h11,13H,2-10H2,1H3. The van der Waals surface area contributed by atoms with Crippen molar-refractivity contribution < 1.29 is 4.79 Å². The lowest BCUT2D eigenvalue weighted by Gasteiger charge is -2.28. The highest BCUT2D eigenvalue weighted by molar-refractivity contribution is 5.76. The fourth-order valence-electron chi connectivity index (χ4n) is 2.19. The summed E-state index contributed by atoms with van der Waals surface area (Å²) >= 11 is 0. The number of carbonyl (C=O) groups is 1. The Bertz CT molecular complexity index is 234. The third-order valence-corrected chi connectivity index (χ3v) is 3.44. The first-order valence-corrected chi connectivity index (χ1v) is 6.43. The summed E-state index contributed by atoms with van der Waals surface area (Å²) in [7, 11) is 2.13. The van der Waals surface area contributed by atoms with E-state index < -0.39 is 0 Å². The number of hydrogen-bond acceptors (Lipinski definition) is 3. The van der Waals surface area contributed by atoms with Crippen molar-refractivity contribution >= 4 is 5.91 Å². The molecule has 1 amide bonds. The van der Waals surface area contributed by atoms with Crippen LogP contribution < -0.4 is 5.32 Å². The molecule has 0 atom stereocenters. The van der Waals surface area contributed by atoms with E-state index in [-0.39, 0.29) is 0 Å². The minimum Gasteiger partial charge on any atom is -0.340 e. The molecule has 1 heterocycles. The van der Waals surface area contributed by atoms with Crippen molar-refractivity contribution in [2.45, 2.75) is 19.3 Å². The van der Waals surface area contributed by atoms with Crippen LogP contribution >= 0.6 is 0 Å². The van der Waals surface area contributed by atoms with Gasteiger partial charge in [-0.25, -0.2) is 0 Å². The first-order chi connectivity index (χ1) is 7.75. The monoisotopic (exact) mass is 225 g/mol. The lowest BCUT2D eigenvalue weighted by molar-refractivity contribution is -0.132. The van der Waals surface area contributed by atoms with E-state index in [0.29, 0.717) is 12.3 Å². The molecule has 0 spiro atoms. The number of nitrogens with zero attached hydrogens (tertiary/aromatic N) is 2. The highest BCUT2D eigenvalue weighted by atomic mass is 16.2. The van der Waals surface area contributed by atoms with Crippen molar-refractivity contribution in [1.82, 2.24) is 15.1 Å². The van der Waals surface area contributed by atoms with Gasteiger partial charge in [-0.1, -0.05) is 0 Å². The lowest BCUT2D eigenvalue weighted by atomic mass is 10.3. The van der Waals surface area contributed by atoms with Crippen molar-refractivity contribution in [1.29, 1.82) is 0 Å². The van der Waals surface area contributed by atoms with Gasteiger partial charge in [0, 0.05) is 45.7 Å². The zero-order valence-electron chi connectivity index (χ0n) is 10.2. The predicted octanol–water partition coefficient (Wildman–Crippen LogP) is 0.150. The fourth-order valence-corrected chi connectivity index (χ4v) is 2.19. The normalized spacial score (nSPS) is 21.5. The van der Waals surface area contributed by atoms with Crippen LogP contribution in [0.25, 0.3) is 0 Å². The molecule has 1 N–H and O–H groups in total. The minimum atomic E-state index is 0.323. The molecule has 1 aliphatic carbocycles. The molecule has 1 saturated carbocycles. The highest BCUT2D eigenvalue weighted by Crippen LogP contribution is 2.29. The number of hydrogen-bond donors (Lipinski definition) is 1. The van der Waals surface area contributed by atoms with Crippen LogP contribution in [0.15, 0.2) is 0 Å². The minimum absolute atomic E-state index is 0.323. The van der Waals surface area contributed by atoms with Crippen LogP contribution in [0.3, 0.4) is 0 Å². The van der Waals surface area contributed by atoms with Gasteiger partial charge in [0.1, 0.15) is 0 Å². The Balaban J connectivity index is 1.61. The number of nitrogens with one attached hydrogen (secondary N) is 1. The molecule has 2 rings (SSSR count). The summed E-state index contributed by atoms with van der Waals surface area (Å²) in [5.74, 6) is 1.24. The number of carbonyl (C=O) groups excluding carboxylic acids is 1. The fraction of sp³-hybridized carbons (Fsp3) is 0.917. The molecule has 0 unspecified atom stereocenters.